The smallest absolute Gasteiger partial charge is 0.0674 e. The Kier molecular flexibility index (Phi) is 4.39. The molecule has 0 amide bonds. The monoisotopic (exact) mass is 316 g/mol. The van der Waals surface area contributed by atoms with Crippen molar-refractivity contribution in [1.29, 1.82) is 0 Å². The number of hydrogen-bond donors (Lipinski definition) is 0. The van der Waals surface area contributed by atoms with Gasteiger partial charge in [0.2, 0.25) is 0 Å². The highest BCUT2D eigenvalue weighted by Gasteiger charge is 2.32. The second-order valence-corrected chi connectivity index (χ2v) is 6.84. The fourth-order valence-electron chi connectivity index (χ4n) is 2.95. The molecule has 0 fully saturated rings. The lowest BCUT2D eigenvalue weighted by Gasteiger charge is -2.19. The molecule has 0 aromatic heterocycles. The predicted molar refractivity (Wildman–Crippen MR) is 106 cm³/mol. The summed E-state index contributed by atoms with van der Waals surface area (Å²) in [6.45, 7) is 4.46. The number of fused-ring (bicyclic) bond motifs is 1. The standard InChI is InChI=1S/C22H24N2/c1-22(2)19-10-6-7-11-20(19)23-21(22)12-8-5-9-17-13-15-18(16-14-17)24(3)4/h5-16H,1-4H3/b9-5+,12-8+. The molecule has 1 aliphatic rings. The Morgan fingerprint density at radius 3 is 2.21 bits per heavy atom. The Morgan fingerprint density at radius 2 is 1.54 bits per heavy atom. The minimum atomic E-state index is -0.0334. The highest BCUT2D eigenvalue weighted by Crippen LogP contribution is 2.39. The SMILES string of the molecule is CN(C)c1ccc(/C=C/C=C/C2=Nc3ccccc3C2(C)C)cc1. The molecule has 2 aromatic carbocycles. The second-order valence-electron chi connectivity index (χ2n) is 6.84. The maximum Gasteiger partial charge on any atom is 0.0674 e. The van der Waals surface area contributed by atoms with Crippen molar-refractivity contribution in [2.45, 2.75) is 19.3 Å². The molecular formula is C22H24N2. The van der Waals surface area contributed by atoms with Crippen LogP contribution in [-0.2, 0) is 5.41 Å². The van der Waals surface area contributed by atoms with Crippen molar-refractivity contribution in [3.63, 3.8) is 0 Å². The molecule has 0 saturated carbocycles. The van der Waals surface area contributed by atoms with Crippen molar-refractivity contribution in [3.05, 3.63) is 77.9 Å². The van der Waals surface area contributed by atoms with E-state index in [0.29, 0.717) is 0 Å². The van der Waals surface area contributed by atoms with Gasteiger partial charge in [-0.2, -0.15) is 0 Å². The van der Waals surface area contributed by atoms with Crippen LogP contribution in [0.3, 0.4) is 0 Å². The van der Waals surface area contributed by atoms with Crippen LogP contribution < -0.4 is 4.90 Å². The minimum Gasteiger partial charge on any atom is -0.378 e. The number of nitrogens with zero attached hydrogens (tertiary/aromatic N) is 2. The molecule has 0 spiro atoms. The van der Waals surface area contributed by atoms with Gasteiger partial charge in [0, 0.05) is 25.2 Å². The molecule has 1 heterocycles. The summed E-state index contributed by atoms with van der Waals surface area (Å²) in [5.74, 6) is 0. The largest absolute Gasteiger partial charge is 0.378 e. The van der Waals surface area contributed by atoms with E-state index in [1.807, 2.05) is 6.07 Å². The first kappa shape index (κ1) is 16.3. The van der Waals surface area contributed by atoms with Gasteiger partial charge >= 0.3 is 0 Å². The Hall–Kier alpha value is -2.61. The van der Waals surface area contributed by atoms with Crippen LogP contribution in [0, 0.1) is 0 Å². The third-order valence-corrected chi connectivity index (χ3v) is 4.52. The quantitative estimate of drug-likeness (QED) is 0.691. The molecule has 0 bridgehead atoms. The molecule has 2 nitrogen and oxygen atoms in total. The topological polar surface area (TPSA) is 15.6 Å². The van der Waals surface area contributed by atoms with Crippen molar-refractivity contribution in [2.24, 2.45) is 4.99 Å². The molecule has 3 rings (SSSR count). The van der Waals surface area contributed by atoms with E-state index in [1.54, 1.807) is 0 Å². The van der Waals surface area contributed by atoms with E-state index in [0.717, 1.165) is 11.4 Å². The van der Waals surface area contributed by atoms with Crippen LogP contribution in [0.2, 0.25) is 0 Å². The lowest BCUT2D eigenvalue weighted by Crippen LogP contribution is -2.23. The molecule has 0 atom stereocenters. The molecule has 0 unspecified atom stereocenters. The van der Waals surface area contributed by atoms with Gasteiger partial charge in [-0.25, -0.2) is 0 Å². The van der Waals surface area contributed by atoms with E-state index >= 15 is 0 Å². The van der Waals surface area contributed by atoms with Gasteiger partial charge in [-0.05, 0) is 35.4 Å². The third-order valence-electron chi connectivity index (χ3n) is 4.52. The molecule has 1 aliphatic heterocycles. The van der Waals surface area contributed by atoms with Crippen molar-refractivity contribution >= 4 is 23.2 Å². The summed E-state index contributed by atoms with van der Waals surface area (Å²) in [4.78, 5) is 6.87. The predicted octanol–water partition coefficient (Wildman–Crippen LogP) is 5.39. The number of rotatable bonds is 4. The number of aliphatic imine (C=N–C) groups is 1. The molecule has 0 N–H and O–H groups in total. The summed E-state index contributed by atoms with van der Waals surface area (Å²) in [6.07, 6.45) is 8.38. The first-order valence-corrected chi connectivity index (χ1v) is 8.29. The number of anilines is 1. The van der Waals surface area contributed by atoms with Gasteiger partial charge in [0.25, 0.3) is 0 Å². The van der Waals surface area contributed by atoms with Crippen LogP contribution in [-0.4, -0.2) is 19.8 Å². The lowest BCUT2D eigenvalue weighted by molar-refractivity contribution is 0.740. The number of benzene rings is 2. The molecule has 0 radical (unpaired) electrons. The highest BCUT2D eigenvalue weighted by atomic mass is 15.1. The normalized spacial score (nSPS) is 15.8. The molecule has 122 valence electrons. The fraction of sp³-hybridized carbons (Fsp3) is 0.227. The average molecular weight is 316 g/mol. The average Bonchev–Trinajstić information content (AvgIpc) is 2.83. The highest BCUT2D eigenvalue weighted by molar-refractivity contribution is 6.08. The van der Waals surface area contributed by atoms with Crippen LogP contribution in [0.5, 0.6) is 0 Å². The minimum absolute atomic E-state index is 0.0334. The van der Waals surface area contributed by atoms with Gasteiger partial charge < -0.3 is 4.90 Å². The number of hydrogen-bond acceptors (Lipinski definition) is 2. The number of allylic oxidation sites excluding steroid dienone is 3. The summed E-state index contributed by atoms with van der Waals surface area (Å²) >= 11 is 0. The van der Waals surface area contributed by atoms with Crippen LogP contribution in [0.1, 0.15) is 25.0 Å². The maximum absolute atomic E-state index is 4.77. The summed E-state index contributed by atoms with van der Waals surface area (Å²) in [5, 5.41) is 0. The van der Waals surface area contributed by atoms with Crippen molar-refractivity contribution in [3.8, 4) is 0 Å². The van der Waals surface area contributed by atoms with Crippen LogP contribution in [0.4, 0.5) is 11.4 Å². The van der Waals surface area contributed by atoms with Gasteiger partial charge in [0.15, 0.2) is 0 Å². The Bertz CT molecular complexity index is 806. The zero-order valence-corrected chi connectivity index (χ0v) is 14.8. The molecule has 2 aromatic rings. The maximum atomic E-state index is 4.77. The Morgan fingerprint density at radius 1 is 0.875 bits per heavy atom. The van der Waals surface area contributed by atoms with E-state index in [1.165, 1.54) is 16.8 Å². The van der Waals surface area contributed by atoms with E-state index < -0.39 is 0 Å². The summed E-state index contributed by atoms with van der Waals surface area (Å²) in [5.41, 5.74) is 5.87. The van der Waals surface area contributed by atoms with Gasteiger partial charge in [0.1, 0.15) is 0 Å². The first-order valence-electron chi connectivity index (χ1n) is 8.29. The summed E-state index contributed by atoms with van der Waals surface area (Å²) < 4.78 is 0. The Balaban J connectivity index is 1.71. The van der Waals surface area contributed by atoms with E-state index in [-0.39, 0.29) is 5.41 Å². The zero-order chi connectivity index (χ0) is 17.2. The van der Waals surface area contributed by atoms with Crippen molar-refractivity contribution in [1.82, 2.24) is 0 Å². The molecular weight excluding hydrogens is 292 g/mol. The van der Waals surface area contributed by atoms with Gasteiger partial charge in [-0.15, -0.1) is 0 Å². The van der Waals surface area contributed by atoms with Crippen LogP contribution >= 0.6 is 0 Å². The summed E-state index contributed by atoms with van der Waals surface area (Å²) in [7, 11) is 4.10. The third kappa shape index (κ3) is 3.18. The first-order chi connectivity index (χ1) is 11.5. The summed E-state index contributed by atoms with van der Waals surface area (Å²) in [6, 6.07) is 16.9. The molecule has 0 saturated heterocycles. The van der Waals surface area contributed by atoms with Crippen molar-refractivity contribution in [2.75, 3.05) is 19.0 Å². The van der Waals surface area contributed by atoms with Crippen molar-refractivity contribution < 1.29 is 0 Å². The van der Waals surface area contributed by atoms with Crippen LogP contribution in [0.25, 0.3) is 6.08 Å². The van der Waals surface area contributed by atoms with Crippen LogP contribution in [0.15, 0.2) is 71.8 Å². The van der Waals surface area contributed by atoms with E-state index in [9.17, 15) is 0 Å². The zero-order valence-electron chi connectivity index (χ0n) is 14.8. The van der Waals surface area contributed by atoms with E-state index in [2.05, 4.69) is 99.6 Å². The van der Waals surface area contributed by atoms with Gasteiger partial charge in [-0.3, -0.25) is 4.99 Å². The molecule has 0 aliphatic carbocycles. The second kappa shape index (κ2) is 6.48. The molecule has 24 heavy (non-hydrogen) atoms. The number of para-hydroxylation sites is 1. The lowest BCUT2D eigenvalue weighted by atomic mass is 9.81. The van der Waals surface area contributed by atoms with E-state index in [4.69, 9.17) is 4.99 Å². The fourth-order valence-corrected chi connectivity index (χ4v) is 2.95. The van der Waals surface area contributed by atoms with Gasteiger partial charge in [-0.1, -0.05) is 62.4 Å². The van der Waals surface area contributed by atoms with Gasteiger partial charge in [0.05, 0.1) is 11.4 Å². The molecule has 2 heteroatoms. The Labute approximate surface area is 144 Å².